The first kappa shape index (κ1) is 15.3. The Labute approximate surface area is 132 Å². The molecule has 0 aliphatic heterocycles. The highest BCUT2D eigenvalue weighted by Gasteiger charge is 2.13. The van der Waals surface area contributed by atoms with Gasteiger partial charge in [0.2, 0.25) is 0 Å². The molecule has 0 saturated carbocycles. The maximum absolute atomic E-state index is 6.08. The van der Waals surface area contributed by atoms with Crippen molar-refractivity contribution in [2.45, 2.75) is 27.2 Å². The molecule has 1 aromatic heterocycles. The molecule has 0 fully saturated rings. The summed E-state index contributed by atoms with van der Waals surface area (Å²) >= 11 is 9.62. The molecular formula is C15H17BrClN3. The Morgan fingerprint density at radius 1 is 1.25 bits per heavy atom. The number of halogens is 2. The second-order valence-corrected chi connectivity index (χ2v) is 5.77. The lowest BCUT2D eigenvalue weighted by atomic mass is 10.1. The van der Waals surface area contributed by atoms with Crippen LogP contribution in [0.4, 0.5) is 5.82 Å². The highest BCUT2D eigenvalue weighted by molar-refractivity contribution is 9.10. The number of anilines is 1. The van der Waals surface area contributed by atoms with Crippen molar-refractivity contribution in [1.29, 1.82) is 0 Å². The summed E-state index contributed by atoms with van der Waals surface area (Å²) in [6.07, 6.45) is 0.873. The van der Waals surface area contributed by atoms with E-state index in [1.54, 1.807) is 0 Å². The van der Waals surface area contributed by atoms with Crippen LogP contribution in [0.25, 0.3) is 11.4 Å². The third-order valence-electron chi connectivity index (χ3n) is 3.10. The average Bonchev–Trinajstić information content (AvgIpc) is 2.44. The van der Waals surface area contributed by atoms with E-state index in [0.717, 1.165) is 40.1 Å². The Bertz CT molecular complexity index is 629. The van der Waals surface area contributed by atoms with Gasteiger partial charge in [0.1, 0.15) is 5.82 Å². The summed E-state index contributed by atoms with van der Waals surface area (Å²) in [7, 11) is 0. The van der Waals surface area contributed by atoms with Gasteiger partial charge >= 0.3 is 0 Å². The van der Waals surface area contributed by atoms with Crippen molar-refractivity contribution in [2.75, 3.05) is 11.9 Å². The highest BCUT2D eigenvalue weighted by atomic mass is 79.9. The van der Waals surface area contributed by atoms with Gasteiger partial charge in [0.05, 0.1) is 0 Å². The Balaban J connectivity index is 2.61. The first-order chi connectivity index (χ1) is 9.56. The predicted octanol–water partition coefficient (Wildman–Crippen LogP) is 4.86. The summed E-state index contributed by atoms with van der Waals surface area (Å²) in [5.41, 5.74) is 3.07. The number of aryl methyl sites for hydroxylation is 1. The molecule has 1 aromatic carbocycles. The Morgan fingerprint density at radius 3 is 2.65 bits per heavy atom. The van der Waals surface area contributed by atoms with E-state index in [-0.39, 0.29) is 0 Å². The maximum atomic E-state index is 6.08. The van der Waals surface area contributed by atoms with Gasteiger partial charge in [-0.25, -0.2) is 9.97 Å². The van der Waals surface area contributed by atoms with Crippen molar-refractivity contribution in [2.24, 2.45) is 0 Å². The second kappa shape index (κ2) is 6.55. The molecular weight excluding hydrogens is 338 g/mol. The fourth-order valence-corrected chi connectivity index (χ4v) is 2.63. The van der Waals surface area contributed by atoms with Gasteiger partial charge in [-0.15, -0.1) is 0 Å². The van der Waals surface area contributed by atoms with Crippen molar-refractivity contribution >= 4 is 33.3 Å². The van der Waals surface area contributed by atoms with E-state index in [0.29, 0.717) is 10.8 Å². The molecule has 0 bridgehead atoms. The van der Waals surface area contributed by atoms with E-state index in [2.05, 4.69) is 45.1 Å². The van der Waals surface area contributed by atoms with E-state index in [1.807, 2.05) is 25.1 Å². The number of nitrogens with zero attached hydrogens (tertiary/aromatic N) is 2. The number of rotatable bonds is 4. The molecule has 0 aliphatic carbocycles. The quantitative estimate of drug-likeness (QED) is 0.852. The lowest BCUT2D eigenvalue weighted by Gasteiger charge is -2.13. The minimum absolute atomic E-state index is 0.676. The summed E-state index contributed by atoms with van der Waals surface area (Å²) in [6.45, 7) is 7.04. The molecule has 3 nitrogen and oxygen atoms in total. The Hall–Kier alpha value is -1.13. The lowest BCUT2D eigenvalue weighted by Crippen LogP contribution is -2.07. The van der Waals surface area contributed by atoms with E-state index in [9.17, 15) is 0 Å². The molecule has 0 atom stereocenters. The van der Waals surface area contributed by atoms with Crippen molar-refractivity contribution < 1.29 is 0 Å². The molecule has 20 heavy (non-hydrogen) atoms. The largest absolute Gasteiger partial charge is 0.370 e. The first-order valence-corrected chi connectivity index (χ1v) is 7.80. The summed E-state index contributed by atoms with van der Waals surface area (Å²) in [5.74, 6) is 1.58. The van der Waals surface area contributed by atoms with Crippen LogP contribution in [0.5, 0.6) is 0 Å². The normalized spacial score (nSPS) is 10.7. The average molecular weight is 355 g/mol. The topological polar surface area (TPSA) is 37.8 Å². The van der Waals surface area contributed by atoms with Gasteiger partial charge in [-0.1, -0.05) is 34.5 Å². The van der Waals surface area contributed by atoms with Crippen molar-refractivity contribution in [3.63, 3.8) is 0 Å². The zero-order valence-electron chi connectivity index (χ0n) is 11.8. The molecule has 1 heterocycles. The van der Waals surface area contributed by atoms with Crippen LogP contribution in [0.1, 0.15) is 25.1 Å². The number of hydrogen-bond donors (Lipinski definition) is 1. The smallest absolute Gasteiger partial charge is 0.162 e. The molecule has 0 radical (unpaired) electrons. The molecule has 0 amide bonds. The Morgan fingerprint density at radius 2 is 2.00 bits per heavy atom. The molecule has 5 heteroatoms. The molecule has 106 valence electrons. The number of benzene rings is 1. The highest BCUT2D eigenvalue weighted by Crippen LogP contribution is 2.30. The second-order valence-electron chi connectivity index (χ2n) is 4.48. The monoisotopic (exact) mass is 353 g/mol. The first-order valence-electron chi connectivity index (χ1n) is 6.63. The van der Waals surface area contributed by atoms with Gasteiger partial charge in [-0.3, -0.25) is 0 Å². The van der Waals surface area contributed by atoms with Crippen molar-refractivity contribution in [1.82, 2.24) is 9.97 Å². The van der Waals surface area contributed by atoms with Gasteiger partial charge in [-0.05, 0) is 38.5 Å². The maximum Gasteiger partial charge on any atom is 0.162 e. The molecule has 0 saturated heterocycles. The lowest BCUT2D eigenvalue weighted by molar-refractivity contribution is 0.970. The summed E-state index contributed by atoms with van der Waals surface area (Å²) < 4.78 is 0.940. The van der Waals surface area contributed by atoms with Crippen molar-refractivity contribution in [3.05, 3.63) is 39.0 Å². The van der Waals surface area contributed by atoms with Crippen LogP contribution in [-0.4, -0.2) is 16.5 Å². The minimum atomic E-state index is 0.676. The van der Waals surface area contributed by atoms with Crippen LogP contribution in [0.3, 0.4) is 0 Å². The third kappa shape index (κ3) is 3.13. The van der Waals surface area contributed by atoms with E-state index in [4.69, 9.17) is 11.6 Å². The number of nitrogens with one attached hydrogen (secondary N) is 1. The van der Waals surface area contributed by atoms with Crippen LogP contribution < -0.4 is 5.32 Å². The van der Waals surface area contributed by atoms with Crippen LogP contribution >= 0.6 is 27.5 Å². The predicted molar refractivity (Wildman–Crippen MR) is 88.5 cm³/mol. The molecule has 0 unspecified atom stereocenters. The fraction of sp³-hybridized carbons (Fsp3) is 0.333. The zero-order valence-corrected chi connectivity index (χ0v) is 14.1. The molecule has 0 spiro atoms. The standard InChI is InChI=1S/C15H17BrClN3/c1-4-13-9(3)14(18-5-2)20-15(19-13)11-8-10(17)6-7-12(11)16/h6-8H,4-5H2,1-3H3,(H,18,19,20). The van der Waals surface area contributed by atoms with E-state index < -0.39 is 0 Å². The molecule has 2 aromatic rings. The summed E-state index contributed by atoms with van der Waals surface area (Å²) in [6, 6.07) is 5.64. The van der Waals surface area contributed by atoms with Gasteiger partial charge in [0, 0.05) is 32.9 Å². The Kier molecular flexibility index (Phi) is 5.00. The van der Waals surface area contributed by atoms with Crippen molar-refractivity contribution in [3.8, 4) is 11.4 Å². The molecule has 0 aliphatic rings. The number of hydrogen-bond acceptors (Lipinski definition) is 3. The van der Waals surface area contributed by atoms with E-state index in [1.165, 1.54) is 0 Å². The summed E-state index contributed by atoms with van der Waals surface area (Å²) in [5, 5.41) is 3.97. The summed E-state index contributed by atoms with van der Waals surface area (Å²) in [4.78, 5) is 9.30. The van der Waals surface area contributed by atoms with E-state index >= 15 is 0 Å². The third-order valence-corrected chi connectivity index (χ3v) is 4.02. The van der Waals surface area contributed by atoms with Gasteiger partial charge in [0.15, 0.2) is 5.82 Å². The van der Waals surface area contributed by atoms with Gasteiger partial charge in [0.25, 0.3) is 0 Å². The molecule has 2 rings (SSSR count). The van der Waals surface area contributed by atoms with Crippen LogP contribution in [-0.2, 0) is 6.42 Å². The zero-order chi connectivity index (χ0) is 14.7. The SMILES string of the molecule is CCNc1nc(-c2cc(Cl)ccc2Br)nc(CC)c1C. The van der Waals surface area contributed by atoms with Crippen LogP contribution in [0, 0.1) is 6.92 Å². The number of aromatic nitrogens is 2. The van der Waals surface area contributed by atoms with Gasteiger partial charge < -0.3 is 5.32 Å². The molecule has 1 N–H and O–H groups in total. The fourth-order valence-electron chi connectivity index (χ4n) is 2.04. The van der Waals surface area contributed by atoms with Gasteiger partial charge in [-0.2, -0.15) is 0 Å². The van der Waals surface area contributed by atoms with Crippen LogP contribution in [0.2, 0.25) is 5.02 Å². The minimum Gasteiger partial charge on any atom is -0.370 e. The van der Waals surface area contributed by atoms with Crippen LogP contribution in [0.15, 0.2) is 22.7 Å².